The van der Waals surface area contributed by atoms with Crippen LogP contribution in [0.15, 0.2) is 29.4 Å². The van der Waals surface area contributed by atoms with E-state index >= 15 is 0 Å². The van der Waals surface area contributed by atoms with Crippen LogP contribution in [-0.4, -0.2) is 33.9 Å². The Balaban J connectivity index is 1.92. The summed E-state index contributed by atoms with van der Waals surface area (Å²) in [6.45, 7) is 2.68. The molecule has 5 heteroatoms. The lowest BCUT2D eigenvalue weighted by molar-refractivity contribution is -0.146. The molecule has 1 heterocycles. The Bertz CT molecular complexity index is 441. The number of nitrogens with one attached hydrogen (secondary N) is 1. The molecule has 1 aliphatic carbocycles. The molecule has 0 amide bonds. The first-order valence-corrected chi connectivity index (χ1v) is 8.20. The zero-order valence-corrected chi connectivity index (χ0v) is 12.7. The molecular weight excluding hydrogens is 272 g/mol. The van der Waals surface area contributed by atoms with Crippen LogP contribution in [-0.2, 0) is 4.79 Å². The molecule has 4 nitrogen and oxygen atoms in total. The van der Waals surface area contributed by atoms with Crippen LogP contribution < -0.4 is 5.32 Å². The largest absolute Gasteiger partial charge is 0.480 e. The van der Waals surface area contributed by atoms with Gasteiger partial charge >= 0.3 is 5.97 Å². The molecule has 0 aliphatic heterocycles. The number of hydrogen-bond donors (Lipinski definition) is 2. The molecule has 0 radical (unpaired) electrons. The predicted octanol–water partition coefficient (Wildman–Crippen LogP) is 2.80. The van der Waals surface area contributed by atoms with Crippen LogP contribution in [0.1, 0.15) is 32.6 Å². The number of carboxylic acids is 1. The average molecular weight is 294 g/mol. The zero-order chi connectivity index (χ0) is 14.4. The first-order chi connectivity index (χ1) is 9.69. The lowest BCUT2D eigenvalue weighted by atomic mass is 9.85. The summed E-state index contributed by atoms with van der Waals surface area (Å²) in [5.41, 5.74) is -0.709. The standard InChI is InChI=1S/C15H22N2O2S/c1-2-17-15(14(18)19)9-5-6-12(15)8-11-20-13-7-3-4-10-16-13/h3-4,7,10,12,17H,2,5-6,8-9,11H2,1H3,(H,18,19). The summed E-state index contributed by atoms with van der Waals surface area (Å²) in [7, 11) is 0. The quantitative estimate of drug-likeness (QED) is 0.757. The van der Waals surface area contributed by atoms with Gasteiger partial charge in [-0.1, -0.05) is 19.4 Å². The highest BCUT2D eigenvalue weighted by molar-refractivity contribution is 7.99. The fraction of sp³-hybridized carbons (Fsp3) is 0.600. The number of carboxylic acid groups (broad SMARTS) is 1. The number of pyridine rings is 1. The maximum atomic E-state index is 11.7. The van der Waals surface area contributed by atoms with Crippen molar-refractivity contribution in [1.29, 1.82) is 0 Å². The summed E-state index contributed by atoms with van der Waals surface area (Å²) in [6.07, 6.45) is 5.45. The number of hydrogen-bond acceptors (Lipinski definition) is 4. The van der Waals surface area contributed by atoms with Gasteiger partial charge in [-0.05, 0) is 49.6 Å². The molecule has 0 spiro atoms. The lowest BCUT2D eigenvalue weighted by Gasteiger charge is -2.32. The molecule has 2 atom stereocenters. The summed E-state index contributed by atoms with van der Waals surface area (Å²) in [4.78, 5) is 16.0. The molecule has 1 saturated carbocycles. The number of aliphatic carboxylic acids is 1. The topological polar surface area (TPSA) is 62.2 Å². The van der Waals surface area contributed by atoms with Crippen molar-refractivity contribution < 1.29 is 9.90 Å². The van der Waals surface area contributed by atoms with Crippen molar-refractivity contribution in [3.63, 3.8) is 0 Å². The van der Waals surface area contributed by atoms with E-state index in [4.69, 9.17) is 0 Å². The summed E-state index contributed by atoms with van der Waals surface area (Å²) in [6, 6.07) is 5.88. The van der Waals surface area contributed by atoms with Gasteiger partial charge in [0.15, 0.2) is 0 Å². The summed E-state index contributed by atoms with van der Waals surface area (Å²) < 4.78 is 0. The van der Waals surface area contributed by atoms with Gasteiger partial charge in [0.1, 0.15) is 5.54 Å². The van der Waals surface area contributed by atoms with Crippen LogP contribution in [0.25, 0.3) is 0 Å². The van der Waals surface area contributed by atoms with E-state index in [9.17, 15) is 9.90 Å². The molecule has 1 aromatic heterocycles. The minimum absolute atomic E-state index is 0.219. The number of likely N-dealkylation sites (N-methyl/N-ethyl adjacent to an activating group) is 1. The van der Waals surface area contributed by atoms with Crippen LogP contribution in [0, 0.1) is 5.92 Å². The van der Waals surface area contributed by atoms with E-state index in [0.717, 1.165) is 36.5 Å². The van der Waals surface area contributed by atoms with E-state index in [2.05, 4.69) is 10.3 Å². The number of nitrogens with zero attached hydrogens (tertiary/aromatic N) is 1. The lowest BCUT2D eigenvalue weighted by Crippen LogP contribution is -2.54. The number of rotatable bonds is 7. The Kier molecular flexibility index (Phi) is 5.43. The SMILES string of the molecule is CCNC1(C(=O)O)CCCC1CCSc1ccccn1. The van der Waals surface area contributed by atoms with Crippen molar-refractivity contribution in [2.45, 2.75) is 43.2 Å². The zero-order valence-electron chi connectivity index (χ0n) is 11.8. The Morgan fingerprint density at radius 3 is 3.10 bits per heavy atom. The Morgan fingerprint density at radius 1 is 1.60 bits per heavy atom. The van der Waals surface area contributed by atoms with Crippen molar-refractivity contribution in [2.75, 3.05) is 12.3 Å². The average Bonchev–Trinajstić information content (AvgIpc) is 2.85. The maximum Gasteiger partial charge on any atom is 0.324 e. The first-order valence-electron chi connectivity index (χ1n) is 7.21. The third-order valence-electron chi connectivity index (χ3n) is 4.05. The molecule has 1 fully saturated rings. The van der Waals surface area contributed by atoms with Gasteiger partial charge in [-0.15, -0.1) is 11.8 Å². The van der Waals surface area contributed by atoms with Crippen LogP contribution in [0.5, 0.6) is 0 Å². The Labute approximate surface area is 124 Å². The summed E-state index contributed by atoms with van der Waals surface area (Å²) in [5, 5.41) is 13.8. The third kappa shape index (κ3) is 3.33. The van der Waals surface area contributed by atoms with Crippen molar-refractivity contribution in [1.82, 2.24) is 10.3 Å². The van der Waals surface area contributed by atoms with Gasteiger partial charge < -0.3 is 10.4 Å². The third-order valence-corrected chi connectivity index (χ3v) is 5.03. The number of carbonyl (C=O) groups is 1. The van der Waals surface area contributed by atoms with Gasteiger partial charge in [0.25, 0.3) is 0 Å². The van der Waals surface area contributed by atoms with Crippen molar-refractivity contribution in [3.8, 4) is 0 Å². The van der Waals surface area contributed by atoms with Crippen LogP contribution in [0.4, 0.5) is 0 Å². The van der Waals surface area contributed by atoms with Crippen molar-refractivity contribution in [2.24, 2.45) is 5.92 Å². The molecule has 2 N–H and O–H groups in total. The van der Waals surface area contributed by atoms with Gasteiger partial charge in [0.2, 0.25) is 0 Å². The Hall–Kier alpha value is -1.07. The second-order valence-electron chi connectivity index (χ2n) is 5.20. The molecule has 0 saturated heterocycles. The Morgan fingerprint density at radius 2 is 2.45 bits per heavy atom. The second-order valence-corrected chi connectivity index (χ2v) is 6.32. The molecule has 20 heavy (non-hydrogen) atoms. The van der Waals surface area contributed by atoms with Gasteiger partial charge in [-0.3, -0.25) is 4.79 Å². The fourth-order valence-corrected chi connectivity index (χ4v) is 4.03. The van der Waals surface area contributed by atoms with E-state index in [0.29, 0.717) is 6.54 Å². The summed E-state index contributed by atoms with van der Waals surface area (Å²) >= 11 is 1.71. The van der Waals surface area contributed by atoms with Crippen molar-refractivity contribution in [3.05, 3.63) is 24.4 Å². The van der Waals surface area contributed by atoms with Crippen molar-refractivity contribution >= 4 is 17.7 Å². The molecule has 110 valence electrons. The second kappa shape index (κ2) is 7.09. The maximum absolute atomic E-state index is 11.7. The van der Waals surface area contributed by atoms with E-state index in [1.807, 2.05) is 25.1 Å². The molecule has 2 unspecified atom stereocenters. The minimum atomic E-state index is -0.709. The van der Waals surface area contributed by atoms with Crippen LogP contribution >= 0.6 is 11.8 Å². The van der Waals surface area contributed by atoms with Gasteiger partial charge in [0, 0.05) is 6.20 Å². The predicted molar refractivity (Wildman–Crippen MR) is 81.0 cm³/mol. The smallest absolute Gasteiger partial charge is 0.324 e. The molecular formula is C15H22N2O2S. The monoisotopic (exact) mass is 294 g/mol. The molecule has 0 bridgehead atoms. The normalized spacial score (nSPS) is 25.8. The highest BCUT2D eigenvalue weighted by Gasteiger charge is 2.48. The molecule has 1 aromatic rings. The highest BCUT2D eigenvalue weighted by Crippen LogP contribution is 2.39. The van der Waals surface area contributed by atoms with Gasteiger partial charge in [0.05, 0.1) is 5.03 Å². The molecule has 1 aliphatic rings. The van der Waals surface area contributed by atoms with Gasteiger partial charge in [-0.2, -0.15) is 0 Å². The van der Waals surface area contributed by atoms with E-state index < -0.39 is 11.5 Å². The van der Waals surface area contributed by atoms with E-state index in [1.54, 1.807) is 18.0 Å². The fourth-order valence-electron chi connectivity index (χ4n) is 3.11. The highest BCUT2D eigenvalue weighted by atomic mass is 32.2. The first kappa shape index (κ1) is 15.3. The van der Waals surface area contributed by atoms with Crippen LogP contribution in [0.3, 0.4) is 0 Å². The minimum Gasteiger partial charge on any atom is -0.480 e. The number of aromatic nitrogens is 1. The number of thioether (sulfide) groups is 1. The van der Waals surface area contributed by atoms with E-state index in [1.165, 1.54) is 0 Å². The van der Waals surface area contributed by atoms with E-state index in [-0.39, 0.29) is 5.92 Å². The van der Waals surface area contributed by atoms with Gasteiger partial charge in [-0.25, -0.2) is 4.98 Å². The summed E-state index contributed by atoms with van der Waals surface area (Å²) in [5.74, 6) is 0.447. The molecule has 2 rings (SSSR count). The molecule has 0 aromatic carbocycles. The van der Waals surface area contributed by atoms with Crippen LogP contribution in [0.2, 0.25) is 0 Å².